The third-order valence-electron chi connectivity index (χ3n) is 11.1. The number of aromatic hydroxyl groups is 1. The van der Waals surface area contributed by atoms with Crippen molar-refractivity contribution in [3.05, 3.63) is 45.7 Å². The first kappa shape index (κ1) is 24.8. The quantitative estimate of drug-likeness (QED) is 0.313. The number of hydrogen-bond donors (Lipinski definition) is 6. The molecule has 1 amide bonds. The van der Waals surface area contributed by atoms with Gasteiger partial charge in [0.25, 0.3) is 5.91 Å². The summed E-state index contributed by atoms with van der Waals surface area (Å²) in [6.45, 7) is 1.76. The molecule has 5 saturated carbocycles. The number of fused-ring (bicyclic) bond motifs is 3. The predicted octanol–water partition coefficient (Wildman–Crippen LogP) is 2.50. The Morgan fingerprint density at radius 2 is 1.54 bits per heavy atom. The lowest BCUT2D eigenvalue weighted by atomic mass is 9.50. The third-order valence-corrected chi connectivity index (χ3v) is 11.1. The maximum atomic E-state index is 13.9. The Bertz CT molecular complexity index is 1400. The molecule has 9 nitrogen and oxygen atoms in total. The lowest BCUT2D eigenvalue weighted by Crippen LogP contribution is -2.63. The van der Waals surface area contributed by atoms with Gasteiger partial charge in [-0.1, -0.05) is 19.1 Å². The maximum Gasteiger partial charge on any atom is 0.255 e. The minimum atomic E-state index is -2.82. The zero-order valence-corrected chi connectivity index (χ0v) is 21.6. The summed E-state index contributed by atoms with van der Waals surface area (Å²) < 4.78 is 0. The second-order valence-corrected chi connectivity index (χ2v) is 12.9. The molecule has 5 unspecified atom stereocenters. The fourth-order valence-corrected chi connectivity index (χ4v) is 9.72. The number of rotatable bonds is 2. The summed E-state index contributed by atoms with van der Waals surface area (Å²) in [6.07, 6.45) is 3.72. The topological polar surface area (TPSA) is 178 Å². The van der Waals surface area contributed by atoms with Gasteiger partial charge in [-0.15, -0.1) is 0 Å². The van der Waals surface area contributed by atoms with Crippen molar-refractivity contribution in [3.8, 4) is 5.75 Å². The van der Waals surface area contributed by atoms with Crippen LogP contribution in [-0.2, 0) is 14.4 Å². The summed E-state index contributed by atoms with van der Waals surface area (Å²) in [5.74, 6) is -5.58. The van der Waals surface area contributed by atoms with E-state index in [-0.39, 0.29) is 22.8 Å². The Labute approximate surface area is 225 Å². The number of primary amides is 1. The Hall–Kier alpha value is -3.17. The van der Waals surface area contributed by atoms with Crippen molar-refractivity contribution in [2.75, 3.05) is 0 Å². The number of aliphatic hydroxyl groups excluding tert-OH is 3. The second-order valence-electron chi connectivity index (χ2n) is 12.9. The minimum Gasteiger partial charge on any atom is -0.508 e. The number of phenols is 1. The SMILES string of the molecule is CC1c2ccc(C3C4CC5CC(C4)CC3C5)c(O)c2C(O)=C2C(=O)C3(O)C(O)=C(C(N)=O)C(=O)CC3C(O)C21. The number of amides is 1. The molecule has 0 saturated heterocycles. The van der Waals surface area contributed by atoms with E-state index in [1.54, 1.807) is 6.92 Å². The molecule has 5 fully saturated rings. The number of nitrogens with two attached hydrogens (primary N) is 1. The molecule has 9 heteroatoms. The number of Topliss-reactive ketones (excluding diaryl/α,β-unsaturated/α-hetero) is 2. The van der Waals surface area contributed by atoms with Crippen LogP contribution in [0.3, 0.4) is 0 Å². The highest BCUT2D eigenvalue weighted by atomic mass is 16.4. The van der Waals surface area contributed by atoms with Crippen LogP contribution in [0.2, 0.25) is 0 Å². The van der Waals surface area contributed by atoms with E-state index < -0.39 is 70.4 Å². The monoisotopic (exact) mass is 535 g/mol. The molecule has 7 aliphatic rings. The molecule has 1 aromatic rings. The first-order chi connectivity index (χ1) is 18.4. The number of phenolic OH excluding ortho intramolecular Hbond substituents is 1. The van der Waals surface area contributed by atoms with Crippen molar-refractivity contribution in [1.82, 2.24) is 0 Å². The molecule has 8 rings (SSSR count). The molecule has 206 valence electrons. The lowest BCUT2D eigenvalue weighted by Gasteiger charge is -2.55. The molecule has 0 spiro atoms. The molecule has 0 aliphatic heterocycles. The van der Waals surface area contributed by atoms with Crippen LogP contribution in [0.1, 0.15) is 74.0 Å². The van der Waals surface area contributed by atoms with Gasteiger partial charge in [-0.25, -0.2) is 0 Å². The smallest absolute Gasteiger partial charge is 0.255 e. The van der Waals surface area contributed by atoms with Gasteiger partial charge in [0.1, 0.15) is 22.8 Å². The van der Waals surface area contributed by atoms with Crippen LogP contribution in [0.25, 0.3) is 5.76 Å². The van der Waals surface area contributed by atoms with Crippen molar-refractivity contribution in [1.29, 1.82) is 0 Å². The highest BCUT2D eigenvalue weighted by Gasteiger charge is 2.65. The van der Waals surface area contributed by atoms with E-state index in [9.17, 15) is 39.9 Å². The fraction of sp³-hybridized carbons (Fsp3) is 0.567. The summed E-state index contributed by atoms with van der Waals surface area (Å²) >= 11 is 0. The average molecular weight is 536 g/mol. The zero-order chi connectivity index (χ0) is 27.7. The summed E-state index contributed by atoms with van der Waals surface area (Å²) in [7, 11) is 0. The van der Waals surface area contributed by atoms with Crippen LogP contribution in [0.15, 0.2) is 29.0 Å². The fourth-order valence-electron chi connectivity index (χ4n) is 9.72. The molecule has 7 N–H and O–H groups in total. The van der Waals surface area contributed by atoms with E-state index in [0.29, 0.717) is 17.4 Å². The highest BCUT2D eigenvalue weighted by molar-refractivity contribution is 6.23. The summed E-state index contributed by atoms with van der Waals surface area (Å²) in [6, 6.07) is 3.76. The number of carbonyl (C=O) groups is 3. The van der Waals surface area contributed by atoms with Gasteiger partial charge in [-0.05, 0) is 78.7 Å². The van der Waals surface area contributed by atoms with Crippen molar-refractivity contribution in [2.45, 2.75) is 69.0 Å². The van der Waals surface area contributed by atoms with E-state index in [2.05, 4.69) is 0 Å². The van der Waals surface area contributed by atoms with E-state index in [4.69, 9.17) is 5.73 Å². The van der Waals surface area contributed by atoms with Crippen molar-refractivity contribution < 1.29 is 39.9 Å². The largest absolute Gasteiger partial charge is 0.508 e. The molecule has 4 bridgehead atoms. The molecular formula is C30H33NO8. The van der Waals surface area contributed by atoms with Gasteiger partial charge >= 0.3 is 0 Å². The van der Waals surface area contributed by atoms with Gasteiger partial charge in [0.15, 0.2) is 11.4 Å². The van der Waals surface area contributed by atoms with Gasteiger partial charge in [0.05, 0.1) is 11.7 Å². The normalized spacial score (nSPS) is 42.4. The van der Waals surface area contributed by atoms with Crippen LogP contribution >= 0.6 is 0 Å². The van der Waals surface area contributed by atoms with Gasteiger partial charge in [0.2, 0.25) is 5.78 Å². The van der Waals surface area contributed by atoms with E-state index >= 15 is 0 Å². The predicted molar refractivity (Wildman–Crippen MR) is 137 cm³/mol. The Balaban J connectivity index is 1.38. The number of ketones is 2. The van der Waals surface area contributed by atoms with E-state index in [0.717, 1.165) is 43.1 Å². The molecule has 39 heavy (non-hydrogen) atoms. The first-order valence-corrected chi connectivity index (χ1v) is 14.0. The van der Waals surface area contributed by atoms with Gasteiger partial charge in [0, 0.05) is 23.8 Å². The number of aliphatic hydroxyl groups is 4. The molecule has 0 heterocycles. The Morgan fingerprint density at radius 1 is 0.949 bits per heavy atom. The third kappa shape index (κ3) is 3.00. The van der Waals surface area contributed by atoms with Gasteiger partial charge in [-0.3, -0.25) is 14.4 Å². The maximum absolute atomic E-state index is 13.9. The average Bonchev–Trinajstić information content (AvgIpc) is 2.86. The number of hydrogen-bond acceptors (Lipinski definition) is 8. The van der Waals surface area contributed by atoms with Crippen molar-refractivity contribution in [3.63, 3.8) is 0 Å². The van der Waals surface area contributed by atoms with Crippen LogP contribution in [0, 0.1) is 35.5 Å². The van der Waals surface area contributed by atoms with Crippen LogP contribution in [0.5, 0.6) is 5.75 Å². The summed E-state index contributed by atoms with van der Waals surface area (Å²) in [4.78, 5) is 38.4. The standard InChI is InChI=1S/C30H33NO8/c1-10-15-2-3-16(20-13-5-11-4-12(7-13)8-14(20)6-11)24(33)21(15)26(35)23-19(10)25(34)17-9-18(32)22(29(31)38)27(36)30(17,39)28(23)37/h2-3,10-14,17,19-20,25,33-36,39H,4-9H2,1H3,(H2,31,38). The zero-order valence-electron chi connectivity index (χ0n) is 21.6. The van der Waals surface area contributed by atoms with E-state index in [1.165, 1.54) is 6.42 Å². The molecule has 1 aromatic carbocycles. The first-order valence-electron chi connectivity index (χ1n) is 14.0. The molecular weight excluding hydrogens is 502 g/mol. The highest BCUT2D eigenvalue weighted by Crippen LogP contribution is 2.62. The molecule has 7 aliphatic carbocycles. The Morgan fingerprint density at radius 3 is 2.13 bits per heavy atom. The second kappa shape index (κ2) is 7.95. The number of carbonyl (C=O) groups excluding carboxylic acids is 3. The number of benzene rings is 1. The van der Waals surface area contributed by atoms with Crippen molar-refractivity contribution in [2.24, 2.45) is 41.2 Å². The summed E-state index contributed by atoms with van der Waals surface area (Å²) in [5, 5.41) is 56.9. The molecule has 5 atom stereocenters. The van der Waals surface area contributed by atoms with Gasteiger partial charge < -0.3 is 31.3 Å². The van der Waals surface area contributed by atoms with Crippen LogP contribution < -0.4 is 5.73 Å². The molecule has 0 aromatic heterocycles. The molecule has 0 radical (unpaired) electrons. The van der Waals surface area contributed by atoms with Crippen LogP contribution in [0.4, 0.5) is 0 Å². The van der Waals surface area contributed by atoms with Crippen molar-refractivity contribution >= 4 is 23.2 Å². The van der Waals surface area contributed by atoms with E-state index in [1.807, 2.05) is 12.1 Å². The van der Waals surface area contributed by atoms with Gasteiger partial charge in [-0.2, -0.15) is 0 Å². The minimum absolute atomic E-state index is 0.0897. The van der Waals surface area contributed by atoms with Crippen LogP contribution in [-0.4, -0.2) is 54.7 Å². The summed E-state index contributed by atoms with van der Waals surface area (Å²) in [5.41, 5.74) is 2.64. The Kier molecular flexibility index (Phi) is 5.06. The lowest BCUT2D eigenvalue weighted by molar-refractivity contribution is -0.160.